The number of unbranched alkanes of at least 4 members (excludes halogenated alkanes) is 8. The van der Waals surface area contributed by atoms with E-state index in [1.165, 1.54) is 62.5 Å². The standard InChI is InChI=1S/C20H32O/c1-4-5-6-7-8-9-10-11-12-13-20(21)19-15-17(2)14-18(3)16-19/h14-16H,4-13H2,1-3H3. The van der Waals surface area contributed by atoms with E-state index in [0.29, 0.717) is 12.2 Å². The molecule has 0 aliphatic rings. The van der Waals surface area contributed by atoms with Gasteiger partial charge < -0.3 is 0 Å². The molecular weight excluding hydrogens is 256 g/mol. The minimum atomic E-state index is 0.310. The molecule has 0 N–H and O–H groups in total. The Balaban J connectivity index is 2.11. The van der Waals surface area contributed by atoms with E-state index in [1.807, 2.05) is 12.1 Å². The van der Waals surface area contributed by atoms with E-state index in [0.717, 1.165) is 12.0 Å². The molecule has 0 heterocycles. The van der Waals surface area contributed by atoms with Crippen molar-refractivity contribution < 1.29 is 4.79 Å². The van der Waals surface area contributed by atoms with Crippen LogP contribution in [0.3, 0.4) is 0 Å². The molecule has 0 aromatic heterocycles. The lowest BCUT2D eigenvalue weighted by Crippen LogP contribution is -2.00. The third-order valence-electron chi connectivity index (χ3n) is 4.05. The summed E-state index contributed by atoms with van der Waals surface area (Å²) in [6.45, 7) is 6.37. The Bertz CT molecular complexity index is 400. The molecule has 118 valence electrons. The fourth-order valence-corrected chi connectivity index (χ4v) is 2.88. The van der Waals surface area contributed by atoms with Crippen molar-refractivity contribution in [1.82, 2.24) is 0 Å². The number of benzene rings is 1. The van der Waals surface area contributed by atoms with E-state index in [9.17, 15) is 4.79 Å². The zero-order valence-corrected chi connectivity index (χ0v) is 14.2. The van der Waals surface area contributed by atoms with Gasteiger partial charge in [-0.3, -0.25) is 4.79 Å². The summed E-state index contributed by atoms with van der Waals surface area (Å²) in [7, 11) is 0. The summed E-state index contributed by atoms with van der Waals surface area (Å²) in [6, 6.07) is 6.15. The SMILES string of the molecule is CCCCCCCCCCCC(=O)c1cc(C)cc(C)c1. The average Bonchev–Trinajstić information content (AvgIpc) is 2.44. The van der Waals surface area contributed by atoms with Crippen LogP contribution in [0.15, 0.2) is 18.2 Å². The molecule has 1 heteroatoms. The van der Waals surface area contributed by atoms with Crippen LogP contribution in [0.4, 0.5) is 0 Å². The van der Waals surface area contributed by atoms with E-state index in [4.69, 9.17) is 0 Å². The van der Waals surface area contributed by atoms with Gasteiger partial charge in [0.25, 0.3) is 0 Å². The van der Waals surface area contributed by atoms with Crippen molar-refractivity contribution in [2.75, 3.05) is 0 Å². The number of Topliss-reactive ketones (excluding diaryl/α,β-unsaturated/α-hetero) is 1. The molecule has 1 nitrogen and oxygen atoms in total. The number of carbonyl (C=O) groups is 1. The van der Waals surface area contributed by atoms with Gasteiger partial charge in [0.1, 0.15) is 0 Å². The van der Waals surface area contributed by atoms with Crippen molar-refractivity contribution in [1.29, 1.82) is 0 Å². The highest BCUT2D eigenvalue weighted by atomic mass is 16.1. The largest absolute Gasteiger partial charge is 0.294 e. The number of aryl methyl sites for hydroxylation is 2. The summed E-state index contributed by atoms with van der Waals surface area (Å²) in [6.07, 6.45) is 12.4. The van der Waals surface area contributed by atoms with Gasteiger partial charge in [-0.2, -0.15) is 0 Å². The highest BCUT2D eigenvalue weighted by molar-refractivity contribution is 5.96. The highest BCUT2D eigenvalue weighted by Crippen LogP contribution is 2.14. The van der Waals surface area contributed by atoms with E-state index in [1.54, 1.807) is 0 Å². The third kappa shape index (κ3) is 8.04. The predicted octanol–water partition coefficient (Wildman–Crippen LogP) is 6.41. The van der Waals surface area contributed by atoms with Crippen LogP contribution in [-0.2, 0) is 0 Å². The number of hydrogen-bond acceptors (Lipinski definition) is 1. The highest BCUT2D eigenvalue weighted by Gasteiger charge is 2.06. The zero-order chi connectivity index (χ0) is 15.5. The molecule has 0 saturated heterocycles. The first kappa shape index (κ1) is 17.9. The predicted molar refractivity (Wildman–Crippen MR) is 92.1 cm³/mol. The van der Waals surface area contributed by atoms with E-state index in [2.05, 4.69) is 26.8 Å². The lowest BCUT2D eigenvalue weighted by molar-refractivity contribution is 0.0979. The molecule has 0 bridgehead atoms. The summed E-state index contributed by atoms with van der Waals surface area (Å²) in [4.78, 5) is 12.2. The monoisotopic (exact) mass is 288 g/mol. The van der Waals surface area contributed by atoms with Crippen molar-refractivity contribution in [2.45, 2.75) is 85.0 Å². The van der Waals surface area contributed by atoms with E-state index < -0.39 is 0 Å². The zero-order valence-electron chi connectivity index (χ0n) is 14.2. The minimum Gasteiger partial charge on any atom is -0.294 e. The molecule has 1 aromatic rings. The van der Waals surface area contributed by atoms with Gasteiger partial charge in [0.2, 0.25) is 0 Å². The van der Waals surface area contributed by atoms with Gasteiger partial charge in [0, 0.05) is 12.0 Å². The molecule has 0 aliphatic heterocycles. The van der Waals surface area contributed by atoms with Gasteiger partial charge in [-0.1, -0.05) is 75.5 Å². The van der Waals surface area contributed by atoms with Gasteiger partial charge in [0.05, 0.1) is 0 Å². The van der Waals surface area contributed by atoms with Gasteiger partial charge >= 0.3 is 0 Å². The van der Waals surface area contributed by atoms with Crippen molar-refractivity contribution in [3.63, 3.8) is 0 Å². The first-order chi connectivity index (χ1) is 10.1. The fraction of sp³-hybridized carbons (Fsp3) is 0.650. The fourth-order valence-electron chi connectivity index (χ4n) is 2.88. The quantitative estimate of drug-likeness (QED) is 0.340. The summed E-state index contributed by atoms with van der Waals surface area (Å²) in [5.41, 5.74) is 3.27. The average molecular weight is 288 g/mol. The smallest absolute Gasteiger partial charge is 0.162 e. The second-order valence-electron chi connectivity index (χ2n) is 6.38. The van der Waals surface area contributed by atoms with Crippen LogP contribution in [0.5, 0.6) is 0 Å². The molecule has 21 heavy (non-hydrogen) atoms. The van der Waals surface area contributed by atoms with Crippen molar-refractivity contribution in [3.05, 3.63) is 34.9 Å². The van der Waals surface area contributed by atoms with Gasteiger partial charge in [-0.05, 0) is 32.4 Å². The topological polar surface area (TPSA) is 17.1 Å². The van der Waals surface area contributed by atoms with Crippen LogP contribution in [0.1, 0.15) is 92.6 Å². The van der Waals surface area contributed by atoms with Crippen molar-refractivity contribution in [3.8, 4) is 0 Å². The molecule has 1 rings (SSSR count). The Morgan fingerprint density at radius 3 is 1.76 bits per heavy atom. The first-order valence-electron chi connectivity index (χ1n) is 8.75. The molecule has 0 atom stereocenters. The minimum absolute atomic E-state index is 0.310. The Hall–Kier alpha value is -1.11. The Labute approximate surface area is 131 Å². The van der Waals surface area contributed by atoms with Crippen LogP contribution in [0.25, 0.3) is 0 Å². The summed E-state index contributed by atoms with van der Waals surface area (Å²) in [5.74, 6) is 0.310. The summed E-state index contributed by atoms with van der Waals surface area (Å²) < 4.78 is 0. The van der Waals surface area contributed by atoms with Gasteiger partial charge in [-0.15, -0.1) is 0 Å². The molecule has 0 spiro atoms. The Morgan fingerprint density at radius 2 is 1.24 bits per heavy atom. The number of ketones is 1. The second-order valence-corrected chi connectivity index (χ2v) is 6.38. The lowest BCUT2D eigenvalue weighted by atomic mass is 10.00. The lowest BCUT2D eigenvalue weighted by Gasteiger charge is -2.05. The van der Waals surface area contributed by atoms with E-state index >= 15 is 0 Å². The molecule has 0 unspecified atom stereocenters. The number of hydrogen-bond donors (Lipinski definition) is 0. The maximum absolute atomic E-state index is 12.2. The van der Waals surface area contributed by atoms with Crippen LogP contribution < -0.4 is 0 Å². The third-order valence-corrected chi connectivity index (χ3v) is 4.05. The van der Waals surface area contributed by atoms with E-state index in [-0.39, 0.29) is 0 Å². The molecule has 0 amide bonds. The molecule has 1 aromatic carbocycles. The molecule has 0 fully saturated rings. The van der Waals surface area contributed by atoms with Crippen LogP contribution in [0.2, 0.25) is 0 Å². The first-order valence-corrected chi connectivity index (χ1v) is 8.75. The summed E-state index contributed by atoms with van der Waals surface area (Å²) in [5, 5.41) is 0. The van der Waals surface area contributed by atoms with Crippen molar-refractivity contribution >= 4 is 5.78 Å². The van der Waals surface area contributed by atoms with Crippen LogP contribution in [0, 0.1) is 13.8 Å². The Morgan fingerprint density at radius 1 is 0.762 bits per heavy atom. The molecular formula is C20H32O. The molecule has 0 aliphatic carbocycles. The van der Waals surface area contributed by atoms with Gasteiger partial charge in [0.15, 0.2) is 5.78 Å². The molecule has 0 saturated carbocycles. The molecule has 0 radical (unpaired) electrons. The Kier molecular flexibility index (Phi) is 9.05. The second kappa shape index (κ2) is 10.6. The van der Waals surface area contributed by atoms with Crippen LogP contribution in [-0.4, -0.2) is 5.78 Å². The van der Waals surface area contributed by atoms with Gasteiger partial charge in [-0.25, -0.2) is 0 Å². The maximum Gasteiger partial charge on any atom is 0.162 e. The van der Waals surface area contributed by atoms with Crippen LogP contribution >= 0.6 is 0 Å². The van der Waals surface area contributed by atoms with Crippen molar-refractivity contribution in [2.24, 2.45) is 0 Å². The number of rotatable bonds is 11. The normalized spacial score (nSPS) is 10.8. The number of carbonyl (C=O) groups excluding carboxylic acids is 1. The maximum atomic E-state index is 12.2. The summed E-state index contributed by atoms with van der Waals surface area (Å²) >= 11 is 0.